The molecule has 0 aromatic rings. The predicted octanol–water partition coefficient (Wildman–Crippen LogP) is 16.8. The van der Waals surface area contributed by atoms with Gasteiger partial charge in [0, 0.05) is 18.0 Å². The first kappa shape index (κ1) is 59.1. The third kappa shape index (κ3) is 14.2. The van der Waals surface area contributed by atoms with Crippen LogP contribution in [0.2, 0.25) is 0 Å². The van der Waals surface area contributed by atoms with E-state index in [1.54, 1.807) is 11.1 Å². The maximum absolute atomic E-state index is 8.33. The second-order valence-corrected chi connectivity index (χ2v) is 27.0. The maximum atomic E-state index is 8.33. The summed E-state index contributed by atoms with van der Waals surface area (Å²) in [6, 6.07) is 0. The number of rotatable bonds is 23. The second-order valence-electron chi connectivity index (χ2n) is 27.0. The Bertz CT molecular complexity index is 1780. The van der Waals surface area contributed by atoms with Crippen molar-refractivity contribution >= 4 is 17.8 Å². The van der Waals surface area contributed by atoms with E-state index >= 15 is 0 Å². The van der Waals surface area contributed by atoms with Crippen molar-refractivity contribution in [3.8, 4) is 0 Å². The fourth-order valence-electron chi connectivity index (χ4n) is 18.6. The fourth-order valence-corrected chi connectivity index (χ4v) is 18.6. The van der Waals surface area contributed by atoms with Crippen LogP contribution < -0.4 is 5.73 Å². The van der Waals surface area contributed by atoms with Crippen molar-refractivity contribution < 1.29 is 18.9 Å². The molecule has 0 radical (unpaired) electrons. The molecule has 6 saturated carbocycles. The lowest BCUT2D eigenvalue weighted by molar-refractivity contribution is -0.0676. The minimum absolute atomic E-state index is 0.250. The molecule has 18 atom stereocenters. The molecule has 0 aromatic heterocycles. The molecular formula is C62H112N4O4P2. The first-order valence-corrected chi connectivity index (χ1v) is 32.7. The van der Waals surface area contributed by atoms with E-state index in [0.29, 0.717) is 86.6 Å². The van der Waals surface area contributed by atoms with Gasteiger partial charge in [-0.1, -0.05) is 136 Å². The monoisotopic (exact) mass is 1040 g/mol. The molecule has 0 aliphatic heterocycles. The fraction of sp³-hybridized carbons (Fsp3) is 0.935. The molecule has 8 nitrogen and oxygen atoms in total. The van der Waals surface area contributed by atoms with Crippen molar-refractivity contribution in [2.45, 2.75) is 223 Å². The lowest BCUT2D eigenvalue weighted by atomic mass is 9.47. The number of nitrogens with zero attached hydrogens (tertiary/aromatic N) is 3. The standard InChI is InChI=1S/C31H53N3O2.C31H55NO2.H4P2/c1-22(2)7-6-8-23(3)27-11-12-28-26-10-9-24-21-25(36-20-19-35-18-17-33-34-32)13-15-30(24,4)29(26)14-16-31(27,28)5;1-22(2)7-6-8-23(3)27-11-12-28-26-10-9-24-21-25(34-20-19-33-18-17-32)13-15-30(24,4)29(26)14-16-31(27,28)5;1-2/h9,22-23,25-29H,6-8,10-21H2,1-5H3;9,22-23,25-29H,6-8,10-21,32H2,1-5H3;1-2H2/t2*23-,25+,26+,27-,28+,29+,30+,31-;/m11./s1/i;;1T. The number of ether oxygens (including phenoxy) is 4. The maximum Gasteiger partial charge on any atom is 0.0704 e. The predicted molar refractivity (Wildman–Crippen MR) is 310 cm³/mol. The Hall–Kier alpha value is -0.550. The third-order valence-corrected chi connectivity index (χ3v) is 22.3. The Morgan fingerprint density at radius 3 is 1.49 bits per heavy atom. The average Bonchev–Trinajstić information content (AvgIpc) is 3.91. The van der Waals surface area contributed by atoms with E-state index in [1.165, 1.54) is 128 Å². The van der Waals surface area contributed by atoms with E-state index in [-0.39, 0.29) is 8.87 Å². The van der Waals surface area contributed by atoms with Gasteiger partial charge in [0.2, 0.25) is 0 Å². The zero-order chi connectivity index (χ0) is 52.8. The van der Waals surface area contributed by atoms with Crippen molar-refractivity contribution in [2.24, 2.45) is 104 Å². The van der Waals surface area contributed by atoms with Crippen LogP contribution in [-0.4, -0.2) is 66.2 Å². The zero-order valence-electron chi connectivity index (χ0n) is 49.1. The summed E-state index contributed by atoms with van der Waals surface area (Å²) in [5, 5.41) is 3.51. The summed E-state index contributed by atoms with van der Waals surface area (Å²) in [7, 11) is 2.52. The number of fused-ring (bicyclic) bond motifs is 10. The molecule has 6 fully saturated rings. The van der Waals surface area contributed by atoms with E-state index in [1.807, 2.05) is 0 Å². The number of hydrogen-bond donors (Lipinski definition) is 1. The third-order valence-electron chi connectivity index (χ3n) is 22.3. The summed E-state index contributed by atoms with van der Waals surface area (Å²) in [6.07, 6.45) is 36.2. The van der Waals surface area contributed by atoms with Gasteiger partial charge in [-0.05, 0) is 201 Å². The summed E-state index contributed by atoms with van der Waals surface area (Å²) in [5.74, 6) is 10.8. The molecule has 0 aromatic carbocycles. The summed E-state index contributed by atoms with van der Waals surface area (Å²) >= 11 is 0. The van der Waals surface area contributed by atoms with Crippen molar-refractivity contribution in [2.75, 3.05) is 52.7 Å². The van der Waals surface area contributed by atoms with Crippen molar-refractivity contribution in [1.29, 1.82) is 1.28 Å². The highest BCUT2D eigenvalue weighted by atomic mass is 32.0. The normalized spacial score (nSPS) is 38.8. The summed E-state index contributed by atoms with van der Waals surface area (Å²) in [5.41, 5.74) is 19.2. The number of nitrogens with two attached hydrogens (primary N) is 1. The first-order chi connectivity index (χ1) is 35.0. The molecule has 0 heterocycles. The molecule has 0 spiro atoms. The zero-order valence-corrected chi connectivity index (χ0v) is 50.2. The van der Waals surface area contributed by atoms with Crippen LogP contribution in [0.5, 0.6) is 0 Å². The van der Waals surface area contributed by atoms with E-state index in [4.69, 9.17) is 31.5 Å². The molecule has 0 saturated heterocycles. The van der Waals surface area contributed by atoms with Crippen LogP contribution in [0.1, 0.15) is 210 Å². The van der Waals surface area contributed by atoms with Gasteiger partial charge in [0.1, 0.15) is 0 Å². The molecule has 0 bridgehead atoms. The Balaban J connectivity index is 0.000000226. The van der Waals surface area contributed by atoms with Gasteiger partial charge in [0.05, 0.1) is 53.1 Å². The lowest BCUT2D eigenvalue weighted by Gasteiger charge is -2.58. The summed E-state index contributed by atoms with van der Waals surface area (Å²) in [4.78, 5) is 2.76. The van der Waals surface area contributed by atoms with Crippen molar-refractivity contribution in [1.82, 2.24) is 0 Å². The first-order valence-electron chi connectivity index (χ1n) is 30.9. The summed E-state index contributed by atoms with van der Waals surface area (Å²) < 4.78 is 29.7. The minimum atomic E-state index is 0.250. The second kappa shape index (κ2) is 28.4. The van der Waals surface area contributed by atoms with Gasteiger partial charge >= 0.3 is 0 Å². The van der Waals surface area contributed by atoms with E-state index < -0.39 is 0 Å². The highest BCUT2D eigenvalue weighted by Gasteiger charge is 2.61. The van der Waals surface area contributed by atoms with Crippen LogP contribution >= 0.6 is 17.8 Å². The Labute approximate surface area is 448 Å². The van der Waals surface area contributed by atoms with Gasteiger partial charge in [0.25, 0.3) is 0 Å². The molecule has 8 rings (SSSR count). The number of hydrogen-bond acceptors (Lipinski definition) is 6. The van der Waals surface area contributed by atoms with Gasteiger partial charge in [-0.15, -0.1) is 17.8 Å². The molecule has 2 unspecified atom stereocenters. The number of azide groups is 1. The molecular weight excluding hydrogens is 927 g/mol. The van der Waals surface area contributed by atoms with Gasteiger partial charge in [-0.3, -0.25) is 0 Å². The van der Waals surface area contributed by atoms with Gasteiger partial charge in [0.15, 0.2) is 0 Å². The lowest BCUT2D eigenvalue weighted by Crippen LogP contribution is -2.51. The van der Waals surface area contributed by atoms with Crippen LogP contribution in [0.4, 0.5) is 0 Å². The van der Waals surface area contributed by atoms with E-state index in [0.717, 1.165) is 83.9 Å². The Kier molecular flexibility index (Phi) is 23.3. The van der Waals surface area contributed by atoms with Crippen molar-refractivity contribution in [3.63, 3.8) is 0 Å². The quantitative estimate of drug-likeness (QED) is 0.0274. The van der Waals surface area contributed by atoms with Gasteiger partial charge < -0.3 is 24.7 Å². The average molecular weight is 1040 g/mol. The highest BCUT2D eigenvalue weighted by Crippen LogP contribution is 2.69. The van der Waals surface area contributed by atoms with Crippen molar-refractivity contribution in [3.05, 3.63) is 33.7 Å². The highest BCUT2D eigenvalue weighted by molar-refractivity contribution is 7.92. The van der Waals surface area contributed by atoms with Crippen LogP contribution in [0.3, 0.4) is 0 Å². The molecule has 414 valence electrons. The largest absolute Gasteiger partial charge is 0.379 e. The van der Waals surface area contributed by atoms with Crippen LogP contribution in [0.25, 0.3) is 10.4 Å². The Morgan fingerprint density at radius 2 is 1.07 bits per heavy atom. The van der Waals surface area contributed by atoms with Crippen LogP contribution in [0, 0.1) is 92.7 Å². The SMILES string of the molecule is CC(C)CCC[C@@H](C)[C@H]1CC[C@H]2[C@@H]3CC=C4C[C@@H](OCCOCCN)CC[C@]4(C)[C@H]3CC[C@]12C.CC(C)CCC[C@@H](C)[C@H]1CC[C@H]2[C@@H]3CC=C4C[C@@H](OCCOCCN=[N+]=[N-])CC[C@]4(C)[C@H]3CC[C@]12C.[3H]PP. The molecule has 2 N–H and O–H groups in total. The minimum Gasteiger partial charge on any atom is -0.379 e. The number of allylic oxidation sites excluding steroid dienone is 2. The molecule has 8 aliphatic carbocycles. The summed E-state index contributed by atoms with van der Waals surface area (Å²) in [6.45, 7) is 30.0. The molecule has 10 heteroatoms. The van der Waals surface area contributed by atoms with E-state index in [9.17, 15) is 0 Å². The van der Waals surface area contributed by atoms with Crippen LogP contribution in [-0.2, 0) is 18.9 Å². The van der Waals surface area contributed by atoms with Gasteiger partial charge in [-0.2, -0.15) is 0 Å². The molecule has 0 amide bonds. The smallest absolute Gasteiger partial charge is 0.0704 e. The van der Waals surface area contributed by atoms with Crippen LogP contribution in [0.15, 0.2) is 28.4 Å². The topological polar surface area (TPSA) is 112 Å². The Morgan fingerprint density at radius 1 is 0.625 bits per heavy atom. The van der Waals surface area contributed by atoms with E-state index in [2.05, 4.69) is 100 Å². The van der Waals surface area contributed by atoms with Gasteiger partial charge in [-0.25, -0.2) is 0 Å². The molecule has 8 aliphatic rings. The molecule has 72 heavy (non-hydrogen) atoms.